The van der Waals surface area contributed by atoms with Crippen LogP contribution in [0.15, 0.2) is 73.1 Å². The molecule has 6 rings (SSSR count). The van der Waals surface area contributed by atoms with E-state index >= 15 is 0 Å². The molecule has 0 bridgehead atoms. The summed E-state index contributed by atoms with van der Waals surface area (Å²) in [5.74, 6) is 2.44. The number of nitrogens with one attached hydrogen (secondary N) is 1. The zero-order valence-electron chi connectivity index (χ0n) is 24.0. The number of hydrogen-bond acceptors (Lipinski definition) is 5. The monoisotopic (exact) mass is 532 g/mol. The first-order valence-corrected chi connectivity index (χ1v) is 15.0. The molecule has 2 atom stereocenters. The van der Waals surface area contributed by atoms with Crippen LogP contribution in [0.1, 0.15) is 64.1 Å². The lowest BCUT2D eigenvalue weighted by Gasteiger charge is -2.28. The van der Waals surface area contributed by atoms with E-state index < -0.39 is 0 Å². The van der Waals surface area contributed by atoms with Gasteiger partial charge in [-0.25, -0.2) is 15.0 Å². The first-order chi connectivity index (χ1) is 19.7. The topological polar surface area (TPSA) is 58.4 Å². The number of rotatable bonds is 10. The van der Waals surface area contributed by atoms with E-state index in [-0.39, 0.29) is 0 Å². The predicted octanol–water partition coefficient (Wildman–Crippen LogP) is 7.80. The average Bonchev–Trinajstić information content (AvgIpc) is 3.64. The molecule has 1 fully saturated rings. The minimum atomic E-state index is 0.433. The summed E-state index contributed by atoms with van der Waals surface area (Å²) in [5.41, 5.74) is 6.17. The summed E-state index contributed by atoms with van der Waals surface area (Å²) in [4.78, 5) is 17.8. The largest absolute Gasteiger partial charge is 0.371 e. The van der Waals surface area contributed by atoms with Crippen LogP contribution in [0.3, 0.4) is 0 Å². The molecule has 6 heteroatoms. The molecule has 0 spiro atoms. The fourth-order valence-electron chi connectivity index (χ4n) is 6.42. The SMILES string of the molecule is CCCCN(CCC)C1CCC(c2nc(-c3ccc4ccc(-c5ccccc5)nc4c3)c3c(NC)nccn23)C1. The van der Waals surface area contributed by atoms with Gasteiger partial charge in [0.05, 0.1) is 11.2 Å². The van der Waals surface area contributed by atoms with Crippen molar-refractivity contribution in [1.29, 1.82) is 0 Å². The summed E-state index contributed by atoms with van der Waals surface area (Å²) in [6.07, 6.45) is 11.3. The van der Waals surface area contributed by atoms with Crippen molar-refractivity contribution in [3.63, 3.8) is 0 Å². The number of pyridine rings is 1. The van der Waals surface area contributed by atoms with Crippen LogP contribution in [0.5, 0.6) is 0 Å². The van der Waals surface area contributed by atoms with E-state index in [1.807, 2.05) is 19.3 Å². The van der Waals surface area contributed by atoms with Crippen molar-refractivity contribution in [3.05, 3.63) is 78.9 Å². The summed E-state index contributed by atoms with van der Waals surface area (Å²) in [5, 5.41) is 4.45. The van der Waals surface area contributed by atoms with Crippen LogP contribution in [-0.4, -0.2) is 50.4 Å². The Balaban J connectivity index is 1.39. The zero-order chi connectivity index (χ0) is 27.5. The van der Waals surface area contributed by atoms with Crippen molar-refractivity contribution in [1.82, 2.24) is 24.3 Å². The molecule has 2 unspecified atom stereocenters. The Morgan fingerprint density at radius 3 is 2.58 bits per heavy atom. The number of hydrogen-bond donors (Lipinski definition) is 1. The molecule has 0 amide bonds. The number of nitrogens with zero attached hydrogens (tertiary/aromatic N) is 5. The van der Waals surface area contributed by atoms with Gasteiger partial charge in [-0.2, -0.15) is 0 Å². The van der Waals surface area contributed by atoms with Gasteiger partial charge in [0.2, 0.25) is 0 Å². The van der Waals surface area contributed by atoms with Gasteiger partial charge in [-0.15, -0.1) is 0 Å². The number of aromatic nitrogens is 4. The second kappa shape index (κ2) is 11.8. The third-order valence-corrected chi connectivity index (χ3v) is 8.45. The molecule has 0 radical (unpaired) electrons. The maximum atomic E-state index is 5.38. The molecule has 3 aromatic heterocycles. The van der Waals surface area contributed by atoms with Crippen LogP contribution in [0.4, 0.5) is 5.82 Å². The highest BCUT2D eigenvalue weighted by atomic mass is 15.2. The lowest BCUT2D eigenvalue weighted by Crippen LogP contribution is -2.35. The van der Waals surface area contributed by atoms with Gasteiger partial charge in [0, 0.05) is 47.9 Å². The molecule has 1 aliphatic rings. The molecule has 1 saturated carbocycles. The number of fused-ring (bicyclic) bond motifs is 2. The van der Waals surface area contributed by atoms with E-state index in [4.69, 9.17) is 9.97 Å². The molecule has 3 heterocycles. The van der Waals surface area contributed by atoms with E-state index in [0.717, 1.165) is 50.6 Å². The minimum absolute atomic E-state index is 0.433. The van der Waals surface area contributed by atoms with Gasteiger partial charge in [-0.3, -0.25) is 4.40 Å². The summed E-state index contributed by atoms with van der Waals surface area (Å²) in [7, 11) is 1.94. The number of imidazole rings is 1. The number of benzene rings is 2. The van der Waals surface area contributed by atoms with Gasteiger partial charge in [0.1, 0.15) is 17.0 Å². The highest BCUT2D eigenvalue weighted by molar-refractivity contribution is 5.91. The smallest absolute Gasteiger partial charge is 0.152 e. The van der Waals surface area contributed by atoms with Gasteiger partial charge in [-0.1, -0.05) is 68.8 Å². The third-order valence-electron chi connectivity index (χ3n) is 8.45. The van der Waals surface area contributed by atoms with Crippen molar-refractivity contribution in [2.45, 2.75) is 64.3 Å². The molecule has 40 heavy (non-hydrogen) atoms. The molecule has 2 aromatic carbocycles. The molecule has 5 aromatic rings. The van der Waals surface area contributed by atoms with E-state index in [9.17, 15) is 0 Å². The fourth-order valence-corrected chi connectivity index (χ4v) is 6.42. The third kappa shape index (κ3) is 5.08. The van der Waals surface area contributed by atoms with Gasteiger partial charge >= 0.3 is 0 Å². The lowest BCUT2D eigenvalue weighted by atomic mass is 10.1. The van der Waals surface area contributed by atoms with Crippen LogP contribution in [0.25, 0.3) is 38.9 Å². The summed E-state index contributed by atoms with van der Waals surface area (Å²) >= 11 is 0. The highest BCUT2D eigenvalue weighted by Gasteiger charge is 2.33. The van der Waals surface area contributed by atoms with Gasteiger partial charge in [-0.05, 0) is 57.3 Å². The van der Waals surface area contributed by atoms with Crippen LogP contribution >= 0.6 is 0 Å². The second-order valence-electron chi connectivity index (χ2n) is 11.1. The van der Waals surface area contributed by atoms with E-state index in [0.29, 0.717) is 12.0 Å². The zero-order valence-corrected chi connectivity index (χ0v) is 24.0. The molecule has 6 nitrogen and oxygen atoms in total. The maximum Gasteiger partial charge on any atom is 0.152 e. The van der Waals surface area contributed by atoms with E-state index in [1.165, 1.54) is 51.6 Å². The Morgan fingerprint density at radius 2 is 1.77 bits per heavy atom. The Morgan fingerprint density at radius 1 is 0.925 bits per heavy atom. The van der Waals surface area contributed by atoms with Crippen molar-refractivity contribution in [2.75, 3.05) is 25.5 Å². The molecule has 0 saturated heterocycles. The van der Waals surface area contributed by atoms with Gasteiger partial charge < -0.3 is 10.2 Å². The summed E-state index contributed by atoms with van der Waals surface area (Å²) in [6, 6.07) is 21.8. The molecular formula is C34H40N6. The first kappa shape index (κ1) is 26.5. The molecule has 1 N–H and O–H groups in total. The standard InChI is InChI=1S/C34H40N6/c1-4-6-20-39(19-5-2)28-16-14-27(22-28)34-38-31(32-33(35-3)36-18-21-40(32)34)26-13-12-25-15-17-29(37-30(25)23-26)24-10-8-7-9-11-24/h7-13,15,17-18,21,23,27-28H,4-6,14,16,19-20,22H2,1-3H3,(H,35,36). The maximum absolute atomic E-state index is 5.38. The van der Waals surface area contributed by atoms with Gasteiger partial charge in [0.25, 0.3) is 0 Å². The minimum Gasteiger partial charge on any atom is -0.371 e. The molecular weight excluding hydrogens is 492 g/mol. The normalized spacial score (nSPS) is 17.3. The highest BCUT2D eigenvalue weighted by Crippen LogP contribution is 2.40. The fraction of sp³-hybridized carbons (Fsp3) is 0.382. The summed E-state index contributed by atoms with van der Waals surface area (Å²) < 4.78 is 2.29. The Hall–Kier alpha value is -3.77. The Bertz CT molecular complexity index is 1590. The first-order valence-electron chi connectivity index (χ1n) is 15.0. The van der Waals surface area contributed by atoms with Crippen LogP contribution < -0.4 is 5.32 Å². The predicted molar refractivity (Wildman–Crippen MR) is 166 cm³/mol. The van der Waals surface area contributed by atoms with Gasteiger partial charge in [0.15, 0.2) is 5.82 Å². The number of anilines is 1. The quantitative estimate of drug-likeness (QED) is 0.199. The molecule has 1 aliphatic carbocycles. The van der Waals surface area contributed by atoms with Crippen LogP contribution in [-0.2, 0) is 0 Å². The lowest BCUT2D eigenvalue weighted by molar-refractivity contribution is 0.194. The van der Waals surface area contributed by atoms with Crippen molar-refractivity contribution < 1.29 is 0 Å². The van der Waals surface area contributed by atoms with Crippen LogP contribution in [0.2, 0.25) is 0 Å². The molecule has 206 valence electrons. The Labute approximate surface area is 237 Å². The van der Waals surface area contributed by atoms with E-state index in [1.54, 1.807) is 0 Å². The van der Waals surface area contributed by atoms with E-state index in [2.05, 4.69) is 94.2 Å². The average molecular weight is 533 g/mol. The van der Waals surface area contributed by atoms with Crippen LogP contribution in [0, 0.1) is 0 Å². The van der Waals surface area contributed by atoms with Crippen molar-refractivity contribution in [3.8, 4) is 22.5 Å². The van der Waals surface area contributed by atoms with Crippen molar-refractivity contribution >= 4 is 22.2 Å². The second-order valence-corrected chi connectivity index (χ2v) is 11.1. The molecule has 0 aliphatic heterocycles. The summed E-state index contributed by atoms with van der Waals surface area (Å²) in [6.45, 7) is 6.98. The van der Waals surface area contributed by atoms with Crippen molar-refractivity contribution in [2.24, 2.45) is 0 Å². The number of unbranched alkanes of at least 4 members (excludes halogenated alkanes) is 1. The Kier molecular flexibility index (Phi) is 7.78.